The van der Waals surface area contributed by atoms with Crippen LogP contribution in [0.25, 0.3) is 0 Å². The molecule has 4 nitrogen and oxygen atoms in total. The summed E-state index contributed by atoms with van der Waals surface area (Å²) in [5, 5.41) is 17.7. The van der Waals surface area contributed by atoms with Crippen molar-refractivity contribution in [2.45, 2.75) is 12.6 Å². The van der Waals surface area contributed by atoms with Crippen LogP contribution >= 0.6 is 22.9 Å². The summed E-state index contributed by atoms with van der Waals surface area (Å²) in [7, 11) is 0. The largest absolute Gasteiger partial charge is 0.386 e. The van der Waals surface area contributed by atoms with E-state index in [1.165, 1.54) is 11.3 Å². The molecule has 3 N–H and O–H groups in total. The Labute approximate surface area is 126 Å². The van der Waals surface area contributed by atoms with Gasteiger partial charge in [-0.1, -0.05) is 29.8 Å². The number of thiophene rings is 1. The minimum atomic E-state index is -0.670. The van der Waals surface area contributed by atoms with Crippen molar-refractivity contribution in [1.29, 1.82) is 0 Å². The molecule has 2 aromatic rings. The number of urea groups is 1. The van der Waals surface area contributed by atoms with E-state index >= 15 is 0 Å². The lowest BCUT2D eigenvalue weighted by molar-refractivity contribution is 0.176. The Morgan fingerprint density at radius 2 is 2.00 bits per heavy atom. The third-order valence-electron chi connectivity index (χ3n) is 2.69. The molecule has 1 aromatic heterocycles. The van der Waals surface area contributed by atoms with E-state index in [4.69, 9.17) is 11.6 Å². The van der Waals surface area contributed by atoms with Crippen LogP contribution in [0.2, 0.25) is 5.02 Å². The van der Waals surface area contributed by atoms with Crippen LogP contribution in [0.1, 0.15) is 16.5 Å². The molecule has 1 aromatic carbocycles. The summed E-state index contributed by atoms with van der Waals surface area (Å²) >= 11 is 7.24. The van der Waals surface area contributed by atoms with Gasteiger partial charge in [0.05, 0.1) is 6.54 Å². The average molecular weight is 311 g/mol. The van der Waals surface area contributed by atoms with E-state index in [0.29, 0.717) is 11.6 Å². The van der Waals surface area contributed by atoms with Gasteiger partial charge in [0, 0.05) is 16.4 Å². The van der Waals surface area contributed by atoms with Crippen molar-refractivity contribution in [2.24, 2.45) is 0 Å². The van der Waals surface area contributed by atoms with Gasteiger partial charge in [0.15, 0.2) is 0 Å². The van der Waals surface area contributed by atoms with E-state index in [9.17, 15) is 9.90 Å². The molecule has 1 atom stereocenters. The third-order valence-corrected chi connectivity index (χ3v) is 3.92. The van der Waals surface area contributed by atoms with Gasteiger partial charge in [-0.25, -0.2) is 4.79 Å². The number of nitrogens with one attached hydrogen (secondary N) is 2. The summed E-state index contributed by atoms with van der Waals surface area (Å²) in [6.45, 7) is 0.602. The number of amides is 2. The van der Waals surface area contributed by atoms with Crippen LogP contribution < -0.4 is 10.6 Å². The number of aliphatic hydroxyl groups is 1. The molecule has 0 aliphatic heterocycles. The number of carbonyl (C=O) groups excluding carboxylic acids is 1. The minimum Gasteiger partial charge on any atom is -0.386 e. The molecule has 6 heteroatoms. The Kier molecular flexibility index (Phi) is 5.40. The SMILES string of the molecule is O=C(NCc1ccc(Cl)cc1)NCC(O)c1cccs1. The molecule has 0 aliphatic rings. The predicted molar refractivity (Wildman–Crippen MR) is 81.0 cm³/mol. The zero-order valence-electron chi connectivity index (χ0n) is 10.7. The first-order chi connectivity index (χ1) is 9.65. The van der Waals surface area contributed by atoms with Crippen LogP contribution in [0.15, 0.2) is 41.8 Å². The molecule has 0 fully saturated rings. The molecular formula is C14H15ClN2O2S. The van der Waals surface area contributed by atoms with Crippen molar-refractivity contribution < 1.29 is 9.90 Å². The molecule has 0 aliphatic carbocycles. The van der Waals surface area contributed by atoms with Gasteiger partial charge in [0.2, 0.25) is 0 Å². The fourth-order valence-corrected chi connectivity index (χ4v) is 2.46. The zero-order valence-corrected chi connectivity index (χ0v) is 12.2. The quantitative estimate of drug-likeness (QED) is 0.795. The Balaban J connectivity index is 1.71. The lowest BCUT2D eigenvalue weighted by Crippen LogP contribution is -2.37. The maximum absolute atomic E-state index is 11.6. The van der Waals surface area contributed by atoms with Crippen molar-refractivity contribution in [3.05, 3.63) is 57.2 Å². The Morgan fingerprint density at radius 3 is 2.65 bits per heavy atom. The standard InChI is InChI=1S/C14H15ClN2O2S/c15-11-5-3-10(4-6-11)8-16-14(19)17-9-12(18)13-2-1-7-20-13/h1-7,12,18H,8-9H2,(H2,16,17,19). The van der Waals surface area contributed by atoms with E-state index < -0.39 is 6.10 Å². The average Bonchev–Trinajstić information content (AvgIpc) is 2.98. The summed E-state index contributed by atoms with van der Waals surface area (Å²) in [5.41, 5.74) is 0.961. The van der Waals surface area contributed by atoms with Gasteiger partial charge in [-0.15, -0.1) is 11.3 Å². The highest BCUT2D eigenvalue weighted by atomic mass is 35.5. The molecular weight excluding hydrogens is 296 g/mol. The fourth-order valence-electron chi connectivity index (χ4n) is 1.62. The van der Waals surface area contributed by atoms with E-state index in [1.807, 2.05) is 29.6 Å². The van der Waals surface area contributed by atoms with Gasteiger partial charge in [0.1, 0.15) is 6.10 Å². The number of aliphatic hydroxyl groups excluding tert-OH is 1. The summed E-state index contributed by atoms with van der Waals surface area (Å²) in [5.74, 6) is 0. The van der Waals surface area contributed by atoms with E-state index in [2.05, 4.69) is 10.6 Å². The maximum Gasteiger partial charge on any atom is 0.315 e. The third kappa shape index (κ3) is 4.52. The Hall–Kier alpha value is -1.56. The number of carbonyl (C=O) groups is 1. The van der Waals surface area contributed by atoms with Gasteiger partial charge in [0.25, 0.3) is 0 Å². The molecule has 2 rings (SSSR count). The molecule has 1 unspecified atom stereocenters. The van der Waals surface area contributed by atoms with E-state index in [1.54, 1.807) is 12.1 Å². The second-order valence-electron chi connectivity index (χ2n) is 4.22. The number of benzene rings is 1. The van der Waals surface area contributed by atoms with Crippen LogP contribution in [0, 0.1) is 0 Å². The first-order valence-electron chi connectivity index (χ1n) is 6.13. The maximum atomic E-state index is 11.6. The molecule has 1 heterocycles. The Morgan fingerprint density at radius 1 is 1.25 bits per heavy atom. The summed E-state index contributed by atoms with van der Waals surface area (Å²) in [4.78, 5) is 12.4. The lowest BCUT2D eigenvalue weighted by atomic mass is 10.2. The Bertz CT molecular complexity index is 543. The van der Waals surface area contributed by atoms with Crippen LogP contribution in [-0.2, 0) is 6.54 Å². The van der Waals surface area contributed by atoms with Crippen LogP contribution in [0.5, 0.6) is 0 Å². The van der Waals surface area contributed by atoms with Gasteiger partial charge < -0.3 is 15.7 Å². The minimum absolute atomic E-state index is 0.187. The van der Waals surface area contributed by atoms with Crippen LogP contribution in [0.3, 0.4) is 0 Å². The normalized spacial score (nSPS) is 11.9. The van der Waals surface area contributed by atoms with Gasteiger partial charge >= 0.3 is 6.03 Å². The van der Waals surface area contributed by atoms with Gasteiger partial charge in [-0.2, -0.15) is 0 Å². The highest BCUT2D eigenvalue weighted by Gasteiger charge is 2.09. The second kappa shape index (κ2) is 7.28. The van der Waals surface area contributed by atoms with Crippen LogP contribution in [-0.4, -0.2) is 17.7 Å². The van der Waals surface area contributed by atoms with Gasteiger partial charge in [-0.05, 0) is 29.1 Å². The van der Waals surface area contributed by atoms with Crippen molar-refractivity contribution in [3.8, 4) is 0 Å². The molecule has 106 valence electrons. The fraction of sp³-hybridized carbons (Fsp3) is 0.214. The second-order valence-corrected chi connectivity index (χ2v) is 5.64. The van der Waals surface area contributed by atoms with E-state index in [0.717, 1.165) is 10.4 Å². The molecule has 0 spiro atoms. The van der Waals surface area contributed by atoms with Gasteiger partial charge in [-0.3, -0.25) is 0 Å². The predicted octanol–water partition coefficient (Wildman–Crippen LogP) is 2.93. The van der Waals surface area contributed by atoms with Crippen molar-refractivity contribution in [2.75, 3.05) is 6.54 Å². The molecule has 0 saturated heterocycles. The van der Waals surface area contributed by atoms with Crippen molar-refractivity contribution in [1.82, 2.24) is 10.6 Å². The van der Waals surface area contributed by atoms with E-state index in [-0.39, 0.29) is 12.6 Å². The first kappa shape index (κ1) is 14.8. The monoisotopic (exact) mass is 310 g/mol. The highest BCUT2D eigenvalue weighted by molar-refractivity contribution is 7.10. The van der Waals surface area contributed by atoms with Crippen molar-refractivity contribution >= 4 is 29.0 Å². The summed E-state index contributed by atoms with van der Waals surface area (Å²) in [6, 6.07) is 10.6. The summed E-state index contributed by atoms with van der Waals surface area (Å²) < 4.78 is 0. The zero-order chi connectivity index (χ0) is 14.4. The molecule has 2 amide bonds. The highest BCUT2D eigenvalue weighted by Crippen LogP contribution is 2.17. The number of rotatable bonds is 5. The number of hydrogen-bond acceptors (Lipinski definition) is 3. The molecule has 20 heavy (non-hydrogen) atoms. The first-order valence-corrected chi connectivity index (χ1v) is 7.38. The smallest absolute Gasteiger partial charge is 0.315 e. The number of halogens is 1. The number of hydrogen-bond donors (Lipinski definition) is 3. The molecule has 0 radical (unpaired) electrons. The van der Waals surface area contributed by atoms with Crippen LogP contribution in [0.4, 0.5) is 4.79 Å². The summed E-state index contributed by atoms with van der Waals surface area (Å²) in [6.07, 6.45) is -0.670. The topological polar surface area (TPSA) is 61.4 Å². The molecule has 0 bridgehead atoms. The van der Waals surface area contributed by atoms with Crippen molar-refractivity contribution in [3.63, 3.8) is 0 Å². The lowest BCUT2D eigenvalue weighted by Gasteiger charge is -2.11. The molecule has 0 saturated carbocycles.